The van der Waals surface area contributed by atoms with Gasteiger partial charge >= 0.3 is 0 Å². The number of hydrogen-bond donors (Lipinski definition) is 0. The topological polar surface area (TPSA) is 70.6 Å². The van der Waals surface area contributed by atoms with Crippen molar-refractivity contribution in [2.45, 2.75) is 6.92 Å². The fraction of sp³-hybridized carbons (Fsp3) is 0.500. The smallest absolute Gasteiger partial charge is 0.211 e. The van der Waals surface area contributed by atoms with Crippen LogP contribution in [-0.4, -0.2) is 56.4 Å². The number of anilines is 1. The highest BCUT2D eigenvalue weighted by Crippen LogP contribution is 2.19. The normalized spacial score (nSPS) is 17.5. The Labute approximate surface area is 113 Å². The van der Waals surface area contributed by atoms with Crippen molar-refractivity contribution in [3.05, 3.63) is 23.4 Å². The molecule has 0 radical (unpaired) electrons. The third-order valence-corrected chi connectivity index (χ3v) is 4.52. The van der Waals surface area contributed by atoms with Gasteiger partial charge in [0.05, 0.1) is 6.26 Å². The van der Waals surface area contributed by atoms with E-state index in [4.69, 9.17) is 0 Å². The van der Waals surface area contributed by atoms with E-state index in [9.17, 15) is 13.2 Å². The fourth-order valence-corrected chi connectivity index (χ4v) is 3.04. The molecule has 0 aliphatic carbocycles. The largest absolute Gasteiger partial charge is 0.354 e. The number of sulfonamides is 1. The van der Waals surface area contributed by atoms with Gasteiger partial charge in [-0.05, 0) is 18.6 Å². The first kappa shape index (κ1) is 14.0. The van der Waals surface area contributed by atoms with Crippen molar-refractivity contribution >= 4 is 22.1 Å². The summed E-state index contributed by atoms with van der Waals surface area (Å²) in [6.45, 7) is 4.06. The molecule has 0 unspecified atom stereocenters. The first-order valence-corrected chi connectivity index (χ1v) is 7.88. The zero-order valence-corrected chi connectivity index (χ0v) is 11.9. The van der Waals surface area contributed by atoms with E-state index in [0.717, 1.165) is 17.7 Å². The molecule has 104 valence electrons. The highest BCUT2D eigenvalue weighted by atomic mass is 32.2. The number of rotatable bonds is 3. The third-order valence-electron chi connectivity index (χ3n) is 3.22. The molecule has 1 aromatic heterocycles. The Morgan fingerprint density at radius 3 is 2.37 bits per heavy atom. The van der Waals surface area contributed by atoms with E-state index in [2.05, 4.69) is 4.98 Å². The SMILES string of the molecule is Cc1cc(C=O)cnc1N1CCN(S(C)(=O)=O)CC1. The first-order chi connectivity index (χ1) is 8.91. The van der Waals surface area contributed by atoms with Crippen molar-refractivity contribution in [3.63, 3.8) is 0 Å². The minimum Gasteiger partial charge on any atom is -0.354 e. The van der Waals surface area contributed by atoms with Crippen LogP contribution in [0.15, 0.2) is 12.3 Å². The Morgan fingerprint density at radius 2 is 1.89 bits per heavy atom. The monoisotopic (exact) mass is 283 g/mol. The molecule has 0 amide bonds. The number of nitrogens with zero attached hydrogens (tertiary/aromatic N) is 3. The van der Waals surface area contributed by atoms with Gasteiger partial charge in [-0.1, -0.05) is 0 Å². The maximum atomic E-state index is 11.4. The molecule has 0 bridgehead atoms. The van der Waals surface area contributed by atoms with E-state index in [1.165, 1.54) is 16.8 Å². The second kappa shape index (κ2) is 5.26. The number of piperazine rings is 1. The molecule has 0 atom stereocenters. The highest BCUT2D eigenvalue weighted by molar-refractivity contribution is 7.88. The van der Waals surface area contributed by atoms with Crippen LogP contribution in [0.5, 0.6) is 0 Å². The van der Waals surface area contributed by atoms with Crippen LogP contribution in [0, 0.1) is 6.92 Å². The molecule has 2 heterocycles. The van der Waals surface area contributed by atoms with E-state index in [-0.39, 0.29) is 0 Å². The van der Waals surface area contributed by atoms with E-state index >= 15 is 0 Å². The Balaban J connectivity index is 2.12. The van der Waals surface area contributed by atoms with Gasteiger partial charge in [-0.2, -0.15) is 4.31 Å². The van der Waals surface area contributed by atoms with Gasteiger partial charge < -0.3 is 4.90 Å². The van der Waals surface area contributed by atoms with Gasteiger partial charge in [0.1, 0.15) is 5.82 Å². The molecule has 7 heteroatoms. The number of aryl methyl sites for hydroxylation is 1. The maximum Gasteiger partial charge on any atom is 0.211 e. The lowest BCUT2D eigenvalue weighted by Crippen LogP contribution is -2.48. The quantitative estimate of drug-likeness (QED) is 0.745. The summed E-state index contributed by atoms with van der Waals surface area (Å²) in [5.41, 5.74) is 1.48. The van der Waals surface area contributed by atoms with E-state index in [1.54, 1.807) is 6.07 Å². The lowest BCUT2D eigenvalue weighted by atomic mass is 10.2. The van der Waals surface area contributed by atoms with E-state index < -0.39 is 10.0 Å². The van der Waals surface area contributed by atoms with Crippen LogP contribution in [0.3, 0.4) is 0 Å². The van der Waals surface area contributed by atoms with Crippen molar-refractivity contribution in [3.8, 4) is 0 Å². The molecule has 0 spiro atoms. The van der Waals surface area contributed by atoms with Crippen molar-refractivity contribution < 1.29 is 13.2 Å². The average Bonchev–Trinajstić information content (AvgIpc) is 2.37. The minimum atomic E-state index is -3.11. The molecule has 1 aromatic rings. The number of hydrogen-bond acceptors (Lipinski definition) is 5. The van der Waals surface area contributed by atoms with Crippen LogP contribution < -0.4 is 4.90 Å². The second-order valence-corrected chi connectivity index (χ2v) is 6.66. The average molecular weight is 283 g/mol. The van der Waals surface area contributed by atoms with Gasteiger partial charge in [0.15, 0.2) is 6.29 Å². The number of aromatic nitrogens is 1. The number of carbonyl (C=O) groups excluding carboxylic acids is 1. The number of pyridine rings is 1. The summed E-state index contributed by atoms with van der Waals surface area (Å²) in [4.78, 5) is 17.0. The van der Waals surface area contributed by atoms with Crippen LogP contribution in [0.1, 0.15) is 15.9 Å². The Morgan fingerprint density at radius 1 is 1.26 bits per heavy atom. The molecular formula is C12H17N3O3S. The molecule has 6 nitrogen and oxygen atoms in total. The summed E-state index contributed by atoms with van der Waals surface area (Å²) in [5.74, 6) is 0.818. The number of carbonyl (C=O) groups is 1. The van der Waals surface area contributed by atoms with E-state index in [0.29, 0.717) is 31.7 Å². The Bertz CT molecular complexity index is 578. The summed E-state index contributed by atoms with van der Waals surface area (Å²) >= 11 is 0. The van der Waals surface area contributed by atoms with Gasteiger partial charge in [0.2, 0.25) is 10.0 Å². The molecular weight excluding hydrogens is 266 g/mol. The first-order valence-electron chi connectivity index (χ1n) is 6.03. The van der Waals surface area contributed by atoms with Gasteiger partial charge in [0, 0.05) is 37.9 Å². The van der Waals surface area contributed by atoms with Crippen LogP contribution in [0.25, 0.3) is 0 Å². The summed E-state index contributed by atoms with van der Waals surface area (Å²) < 4.78 is 24.3. The molecule has 1 aliphatic rings. The van der Waals surface area contributed by atoms with E-state index in [1.807, 2.05) is 11.8 Å². The van der Waals surface area contributed by atoms with Crippen molar-refractivity contribution in [2.24, 2.45) is 0 Å². The maximum absolute atomic E-state index is 11.4. The summed E-state index contributed by atoms with van der Waals surface area (Å²) in [5, 5.41) is 0. The highest BCUT2D eigenvalue weighted by Gasteiger charge is 2.24. The molecule has 1 saturated heterocycles. The minimum absolute atomic E-state index is 0.468. The molecule has 19 heavy (non-hydrogen) atoms. The van der Waals surface area contributed by atoms with Gasteiger partial charge in [-0.15, -0.1) is 0 Å². The second-order valence-electron chi connectivity index (χ2n) is 4.68. The van der Waals surface area contributed by atoms with Crippen molar-refractivity contribution in [1.29, 1.82) is 0 Å². The summed E-state index contributed by atoms with van der Waals surface area (Å²) in [7, 11) is -3.11. The summed E-state index contributed by atoms with van der Waals surface area (Å²) in [6, 6.07) is 1.79. The predicted molar refractivity (Wildman–Crippen MR) is 73.0 cm³/mol. The third kappa shape index (κ3) is 3.10. The van der Waals surface area contributed by atoms with Crippen molar-refractivity contribution in [2.75, 3.05) is 37.3 Å². The van der Waals surface area contributed by atoms with Gasteiger partial charge in [-0.25, -0.2) is 13.4 Å². The number of aldehydes is 1. The van der Waals surface area contributed by atoms with Gasteiger partial charge in [0.25, 0.3) is 0 Å². The zero-order chi connectivity index (χ0) is 14.0. The van der Waals surface area contributed by atoms with Crippen molar-refractivity contribution in [1.82, 2.24) is 9.29 Å². The van der Waals surface area contributed by atoms with Crippen LogP contribution >= 0.6 is 0 Å². The Kier molecular flexibility index (Phi) is 3.86. The molecule has 1 fully saturated rings. The molecule has 0 aromatic carbocycles. The van der Waals surface area contributed by atoms with Gasteiger partial charge in [-0.3, -0.25) is 4.79 Å². The molecule has 0 N–H and O–H groups in total. The lowest BCUT2D eigenvalue weighted by Gasteiger charge is -2.34. The Hall–Kier alpha value is -1.47. The molecule has 2 rings (SSSR count). The van der Waals surface area contributed by atoms with Crippen LogP contribution in [0.2, 0.25) is 0 Å². The fourth-order valence-electron chi connectivity index (χ4n) is 2.22. The lowest BCUT2D eigenvalue weighted by molar-refractivity contribution is 0.112. The summed E-state index contributed by atoms with van der Waals surface area (Å²) in [6.07, 6.45) is 3.54. The molecule has 1 aliphatic heterocycles. The zero-order valence-electron chi connectivity index (χ0n) is 11.0. The standard InChI is InChI=1S/C12H17N3O3S/c1-10-7-11(9-16)8-13-12(10)14-3-5-15(6-4-14)19(2,17)18/h7-9H,3-6H2,1-2H3. The van der Waals surface area contributed by atoms with Crippen LogP contribution in [-0.2, 0) is 10.0 Å². The predicted octanol–water partition coefficient (Wildman–Crippen LogP) is 0.284. The van der Waals surface area contributed by atoms with Crippen LogP contribution in [0.4, 0.5) is 5.82 Å². The molecule has 0 saturated carbocycles.